The predicted octanol–water partition coefficient (Wildman–Crippen LogP) is 3.97. The Morgan fingerprint density at radius 2 is 2.05 bits per heavy atom. The molecule has 1 aromatic carbocycles. The Bertz CT molecular complexity index is 598. The van der Waals surface area contributed by atoms with Gasteiger partial charge in [-0.1, -0.05) is 36.7 Å². The van der Waals surface area contributed by atoms with Gasteiger partial charge in [0.1, 0.15) is 11.5 Å². The molecule has 0 spiro atoms. The summed E-state index contributed by atoms with van der Waals surface area (Å²) in [7, 11) is 1.71. The van der Waals surface area contributed by atoms with Gasteiger partial charge in [-0.15, -0.1) is 0 Å². The highest BCUT2D eigenvalue weighted by atomic mass is 16.5. The van der Waals surface area contributed by atoms with Gasteiger partial charge in [-0.25, -0.2) is 0 Å². The minimum Gasteiger partial charge on any atom is -0.496 e. The SMILES string of the molecule is CCc1noc(CC)c1CNC(C)c1cc(C)ccc1OC. The summed E-state index contributed by atoms with van der Waals surface area (Å²) in [5.41, 5.74) is 4.66. The number of methoxy groups -OCH3 is 1. The number of benzene rings is 1. The summed E-state index contributed by atoms with van der Waals surface area (Å²) in [4.78, 5) is 0. The first-order valence-electron chi connectivity index (χ1n) is 7.94. The second kappa shape index (κ2) is 7.45. The molecule has 22 heavy (non-hydrogen) atoms. The summed E-state index contributed by atoms with van der Waals surface area (Å²) in [6.45, 7) is 9.21. The average molecular weight is 302 g/mol. The lowest BCUT2D eigenvalue weighted by Crippen LogP contribution is -2.20. The molecule has 2 aromatic rings. The third-order valence-electron chi connectivity index (χ3n) is 4.04. The maximum Gasteiger partial charge on any atom is 0.141 e. The van der Waals surface area contributed by atoms with Crippen molar-refractivity contribution in [2.24, 2.45) is 0 Å². The summed E-state index contributed by atoms with van der Waals surface area (Å²) in [6.07, 6.45) is 1.76. The lowest BCUT2D eigenvalue weighted by atomic mass is 10.0. The van der Waals surface area contributed by atoms with Gasteiger partial charge in [0, 0.05) is 30.1 Å². The van der Waals surface area contributed by atoms with Crippen LogP contribution in [0.15, 0.2) is 22.7 Å². The molecule has 1 heterocycles. The van der Waals surface area contributed by atoms with Crippen LogP contribution in [0.3, 0.4) is 0 Å². The van der Waals surface area contributed by atoms with E-state index in [9.17, 15) is 0 Å². The van der Waals surface area contributed by atoms with Gasteiger partial charge < -0.3 is 14.6 Å². The van der Waals surface area contributed by atoms with E-state index in [4.69, 9.17) is 9.26 Å². The molecule has 0 aliphatic rings. The van der Waals surface area contributed by atoms with Crippen LogP contribution in [0.1, 0.15) is 55.0 Å². The summed E-state index contributed by atoms with van der Waals surface area (Å²) in [5.74, 6) is 1.90. The predicted molar refractivity (Wildman–Crippen MR) is 88.2 cm³/mol. The normalized spacial score (nSPS) is 12.4. The standard InChI is InChI=1S/C18H26N2O2/c1-6-16-15(17(7-2)22-20-16)11-19-13(4)14-10-12(3)8-9-18(14)21-5/h8-10,13,19H,6-7,11H2,1-5H3. The number of hydrogen-bond acceptors (Lipinski definition) is 4. The molecule has 1 unspecified atom stereocenters. The summed E-state index contributed by atoms with van der Waals surface area (Å²) in [6, 6.07) is 6.46. The Hall–Kier alpha value is -1.81. The smallest absolute Gasteiger partial charge is 0.141 e. The third kappa shape index (κ3) is 3.50. The fraction of sp³-hybridized carbons (Fsp3) is 0.500. The molecule has 4 heteroatoms. The summed E-state index contributed by atoms with van der Waals surface area (Å²) < 4.78 is 10.9. The Morgan fingerprint density at radius 3 is 2.68 bits per heavy atom. The molecule has 0 bridgehead atoms. The summed E-state index contributed by atoms with van der Waals surface area (Å²) in [5, 5.41) is 7.74. The fourth-order valence-corrected chi connectivity index (χ4v) is 2.70. The third-order valence-corrected chi connectivity index (χ3v) is 4.04. The molecule has 0 radical (unpaired) electrons. The van der Waals surface area contributed by atoms with Gasteiger partial charge in [0.2, 0.25) is 0 Å². The first-order valence-corrected chi connectivity index (χ1v) is 7.94. The van der Waals surface area contributed by atoms with Crippen molar-refractivity contribution in [1.82, 2.24) is 10.5 Å². The van der Waals surface area contributed by atoms with Crippen LogP contribution in [0, 0.1) is 6.92 Å². The zero-order valence-electron chi connectivity index (χ0n) is 14.2. The van der Waals surface area contributed by atoms with Crippen molar-refractivity contribution in [2.75, 3.05) is 7.11 Å². The molecule has 0 aliphatic carbocycles. The molecule has 4 nitrogen and oxygen atoms in total. The van der Waals surface area contributed by atoms with Gasteiger partial charge in [-0.2, -0.15) is 0 Å². The highest BCUT2D eigenvalue weighted by Gasteiger charge is 2.16. The summed E-state index contributed by atoms with van der Waals surface area (Å²) >= 11 is 0. The molecule has 0 aliphatic heterocycles. The molecule has 2 rings (SSSR count). The number of aryl methyl sites for hydroxylation is 3. The van der Waals surface area contributed by atoms with E-state index >= 15 is 0 Å². The van der Waals surface area contributed by atoms with Crippen molar-refractivity contribution in [3.05, 3.63) is 46.3 Å². The van der Waals surface area contributed by atoms with Gasteiger partial charge in [0.15, 0.2) is 0 Å². The van der Waals surface area contributed by atoms with Gasteiger partial charge in [-0.3, -0.25) is 0 Å². The van der Waals surface area contributed by atoms with Crippen LogP contribution in [0.2, 0.25) is 0 Å². The minimum absolute atomic E-state index is 0.194. The Morgan fingerprint density at radius 1 is 1.27 bits per heavy atom. The molecular formula is C18H26N2O2. The number of hydrogen-bond donors (Lipinski definition) is 1. The molecule has 1 N–H and O–H groups in total. The van der Waals surface area contributed by atoms with Crippen LogP contribution in [0.5, 0.6) is 5.75 Å². The maximum absolute atomic E-state index is 5.48. The van der Waals surface area contributed by atoms with E-state index in [0.717, 1.165) is 36.6 Å². The second-order valence-corrected chi connectivity index (χ2v) is 5.59. The molecule has 0 amide bonds. The van der Waals surface area contributed by atoms with E-state index in [1.807, 2.05) is 6.07 Å². The number of ether oxygens (including phenoxy) is 1. The van der Waals surface area contributed by atoms with Crippen LogP contribution < -0.4 is 10.1 Å². The quantitative estimate of drug-likeness (QED) is 0.840. The lowest BCUT2D eigenvalue weighted by Gasteiger charge is -2.18. The zero-order chi connectivity index (χ0) is 16.1. The van der Waals surface area contributed by atoms with Gasteiger partial charge in [0.05, 0.1) is 12.8 Å². The van der Waals surface area contributed by atoms with Crippen LogP contribution in [0.25, 0.3) is 0 Å². The molecule has 0 saturated heterocycles. The van der Waals surface area contributed by atoms with Crippen molar-refractivity contribution in [3.63, 3.8) is 0 Å². The van der Waals surface area contributed by atoms with E-state index in [1.165, 1.54) is 16.7 Å². The average Bonchev–Trinajstić information content (AvgIpc) is 2.94. The highest BCUT2D eigenvalue weighted by molar-refractivity contribution is 5.39. The number of rotatable bonds is 7. The Balaban J connectivity index is 2.15. The monoisotopic (exact) mass is 302 g/mol. The lowest BCUT2D eigenvalue weighted by molar-refractivity contribution is 0.379. The topological polar surface area (TPSA) is 47.3 Å². The van der Waals surface area contributed by atoms with Crippen LogP contribution in [-0.2, 0) is 19.4 Å². The van der Waals surface area contributed by atoms with E-state index < -0.39 is 0 Å². The first kappa shape index (κ1) is 16.6. The molecule has 0 saturated carbocycles. The van der Waals surface area contributed by atoms with Crippen molar-refractivity contribution in [3.8, 4) is 5.75 Å². The molecule has 1 atom stereocenters. The highest BCUT2D eigenvalue weighted by Crippen LogP contribution is 2.27. The minimum atomic E-state index is 0.194. The molecule has 1 aromatic heterocycles. The van der Waals surface area contributed by atoms with Gasteiger partial charge in [-0.05, 0) is 26.3 Å². The molecule has 120 valence electrons. The zero-order valence-corrected chi connectivity index (χ0v) is 14.2. The van der Waals surface area contributed by atoms with Crippen LogP contribution in [0.4, 0.5) is 0 Å². The maximum atomic E-state index is 5.48. The van der Waals surface area contributed by atoms with E-state index in [2.05, 4.69) is 50.3 Å². The van der Waals surface area contributed by atoms with Gasteiger partial charge in [0.25, 0.3) is 0 Å². The Labute approximate surface area is 132 Å². The van der Waals surface area contributed by atoms with Crippen LogP contribution >= 0.6 is 0 Å². The van der Waals surface area contributed by atoms with Crippen molar-refractivity contribution < 1.29 is 9.26 Å². The number of nitrogens with one attached hydrogen (secondary N) is 1. The van der Waals surface area contributed by atoms with E-state index in [1.54, 1.807) is 7.11 Å². The number of aromatic nitrogens is 1. The fourth-order valence-electron chi connectivity index (χ4n) is 2.70. The van der Waals surface area contributed by atoms with Crippen molar-refractivity contribution in [2.45, 2.75) is 53.1 Å². The van der Waals surface area contributed by atoms with Crippen LogP contribution in [-0.4, -0.2) is 12.3 Å². The van der Waals surface area contributed by atoms with Crippen molar-refractivity contribution in [1.29, 1.82) is 0 Å². The largest absolute Gasteiger partial charge is 0.496 e. The molecule has 0 fully saturated rings. The Kier molecular flexibility index (Phi) is 5.61. The second-order valence-electron chi connectivity index (χ2n) is 5.59. The first-order chi connectivity index (χ1) is 10.6. The van der Waals surface area contributed by atoms with Crippen molar-refractivity contribution >= 4 is 0 Å². The molecular weight excluding hydrogens is 276 g/mol. The van der Waals surface area contributed by atoms with Gasteiger partial charge >= 0.3 is 0 Å². The van der Waals surface area contributed by atoms with E-state index in [0.29, 0.717) is 0 Å². The van der Waals surface area contributed by atoms with E-state index in [-0.39, 0.29) is 6.04 Å². The number of nitrogens with zero attached hydrogens (tertiary/aromatic N) is 1.